The van der Waals surface area contributed by atoms with Crippen molar-refractivity contribution < 1.29 is 23.5 Å². The molecule has 2 aromatic rings. The van der Waals surface area contributed by atoms with E-state index in [1.807, 2.05) is 12.1 Å². The number of hydrogen-bond acceptors (Lipinski definition) is 6. The predicted molar refractivity (Wildman–Crippen MR) is 105 cm³/mol. The highest BCUT2D eigenvalue weighted by Crippen LogP contribution is 2.25. The molecule has 1 heterocycles. The van der Waals surface area contributed by atoms with Crippen molar-refractivity contribution in [2.24, 2.45) is 0 Å². The van der Waals surface area contributed by atoms with Gasteiger partial charge in [0, 0.05) is 5.56 Å². The first-order valence-electron chi connectivity index (χ1n) is 8.70. The Kier molecular flexibility index (Phi) is 9.61. The molecular formula is C20H26ClNO5. The molecule has 1 aromatic carbocycles. The number of ether oxygens (including phenoxy) is 2. The van der Waals surface area contributed by atoms with Crippen LogP contribution in [0.5, 0.6) is 0 Å². The summed E-state index contributed by atoms with van der Waals surface area (Å²) in [7, 11) is 2.59. The Morgan fingerprint density at radius 1 is 1.00 bits per heavy atom. The normalized spacial score (nSPS) is 10.2. The van der Waals surface area contributed by atoms with Gasteiger partial charge in [0.1, 0.15) is 11.5 Å². The van der Waals surface area contributed by atoms with E-state index in [9.17, 15) is 9.59 Å². The van der Waals surface area contributed by atoms with Crippen molar-refractivity contribution in [3.63, 3.8) is 0 Å². The smallest absolute Gasteiger partial charge is 0.337 e. The lowest BCUT2D eigenvalue weighted by atomic mass is 10.0. The van der Waals surface area contributed by atoms with Crippen LogP contribution < -0.4 is 5.32 Å². The molecule has 148 valence electrons. The molecule has 1 aromatic heterocycles. The lowest BCUT2D eigenvalue weighted by Crippen LogP contribution is -2.13. The molecule has 1 N–H and O–H groups in total. The van der Waals surface area contributed by atoms with Crippen LogP contribution in [-0.2, 0) is 16.0 Å². The van der Waals surface area contributed by atoms with E-state index in [1.165, 1.54) is 33.1 Å². The van der Waals surface area contributed by atoms with Crippen LogP contribution in [0.2, 0.25) is 0 Å². The van der Waals surface area contributed by atoms with Crippen molar-refractivity contribution in [2.75, 3.05) is 20.8 Å². The van der Waals surface area contributed by atoms with Gasteiger partial charge in [0.25, 0.3) is 0 Å². The molecule has 0 bridgehead atoms. The van der Waals surface area contributed by atoms with E-state index >= 15 is 0 Å². The summed E-state index contributed by atoms with van der Waals surface area (Å²) in [6.07, 6.45) is 3.52. The monoisotopic (exact) mass is 395 g/mol. The molecule has 2 rings (SSSR count). The molecule has 0 aliphatic carbocycles. The molecule has 0 saturated heterocycles. The van der Waals surface area contributed by atoms with E-state index < -0.39 is 11.9 Å². The molecule has 0 fully saturated rings. The molecule has 0 aliphatic heterocycles. The zero-order chi connectivity index (χ0) is 18.9. The largest absolute Gasteiger partial charge is 0.465 e. The van der Waals surface area contributed by atoms with E-state index in [-0.39, 0.29) is 23.5 Å². The average molecular weight is 396 g/mol. The summed E-state index contributed by atoms with van der Waals surface area (Å²) >= 11 is 0. The van der Waals surface area contributed by atoms with Gasteiger partial charge >= 0.3 is 11.9 Å². The van der Waals surface area contributed by atoms with Crippen molar-refractivity contribution in [1.29, 1.82) is 0 Å². The second-order valence-electron chi connectivity index (χ2n) is 5.93. The van der Waals surface area contributed by atoms with E-state index in [2.05, 4.69) is 12.2 Å². The highest BCUT2D eigenvalue weighted by Gasteiger charge is 2.16. The second-order valence-corrected chi connectivity index (χ2v) is 5.93. The summed E-state index contributed by atoms with van der Waals surface area (Å²) in [4.78, 5) is 23.8. The van der Waals surface area contributed by atoms with Gasteiger partial charge in [0.2, 0.25) is 0 Å². The highest BCUT2D eigenvalue weighted by atomic mass is 35.5. The van der Waals surface area contributed by atoms with Crippen LogP contribution in [-0.4, -0.2) is 32.7 Å². The lowest BCUT2D eigenvalue weighted by molar-refractivity contribution is 0.0599. The van der Waals surface area contributed by atoms with E-state index in [0.717, 1.165) is 18.7 Å². The fourth-order valence-corrected chi connectivity index (χ4v) is 2.58. The molecular weight excluding hydrogens is 370 g/mol. The number of esters is 2. The average Bonchev–Trinajstić information content (AvgIpc) is 3.15. The Bertz CT molecular complexity index is 722. The minimum atomic E-state index is -0.527. The van der Waals surface area contributed by atoms with Crippen molar-refractivity contribution in [1.82, 2.24) is 5.32 Å². The number of carbonyl (C=O) groups is 2. The summed E-state index contributed by atoms with van der Waals surface area (Å²) in [6.45, 7) is 3.74. The Balaban J connectivity index is 0.00000364. The van der Waals surface area contributed by atoms with Crippen LogP contribution >= 0.6 is 12.4 Å². The van der Waals surface area contributed by atoms with Crippen LogP contribution in [0.3, 0.4) is 0 Å². The van der Waals surface area contributed by atoms with E-state index in [1.54, 1.807) is 12.1 Å². The SMILES string of the molecule is CCCCCNCc1ccc(-c2cc(C(=O)OC)cc(C(=O)OC)c2)o1.Cl. The maximum atomic E-state index is 11.9. The third kappa shape index (κ3) is 6.41. The van der Waals surface area contributed by atoms with Crippen LogP contribution in [0.1, 0.15) is 52.7 Å². The molecule has 27 heavy (non-hydrogen) atoms. The fraction of sp³-hybridized carbons (Fsp3) is 0.400. The van der Waals surface area contributed by atoms with Crippen molar-refractivity contribution >= 4 is 24.3 Å². The van der Waals surface area contributed by atoms with Crippen LogP contribution in [0.4, 0.5) is 0 Å². The topological polar surface area (TPSA) is 77.8 Å². The summed E-state index contributed by atoms with van der Waals surface area (Å²) in [5, 5.41) is 3.34. The van der Waals surface area contributed by atoms with Gasteiger partial charge in [-0.3, -0.25) is 0 Å². The first-order valence-corrected chi connectivity index (χ1v) is 8.70. The van der Waals surface area contributed by atoms with Gasteiger partial charge in [-0.2, -0.15) is 0 Å². The van der Waals surface area contributed by atoms with Crippen molar-refractivity contribution in [3.05, 3.63) is 47.2 Å². The lowest BCUT2D eigenvalue weighted by Gasteiger charge is -2.06. The summed E-state index contributed by atoms with van der Waals surface area (Å²) in [5.74, 6) is 0.314. The van der Waals surface area contributed by atoms with Crippen molar-refractivity contribution in [3.8, 4) is 11.3 Å². The number of furan rings is 1. The minimum Gasteiger partial charge on any atom is -0.465 e. The zero-order valence-corrected chi connectivity index (χ0v) is 16.7. The molecule has 0 unspecified atom stereocenters. The zero-order valence-electron chi connectivity index (χ0n) is 15.9. The van der Waals surface area contributed by atoms with Gasteiger partial charge in [-0.1, -0.05) is 19.8 Å². The number of halogens is 1. The first-order chi connectivity index (χ1) is 12.6. The van der Waals surface area contributed by atoms with Crippen molar-refractivity contribution in [2.45, 2.75) is 32.7 Å². The standard InChI is InChI=1S/C20H25NO5.ClH/c1-4-5-6-9-21-13-17-7-8-18(26-17)14-10-15(19(22)24-2)12-16(11-14)20(23)25-3;/h7-8,10-12,21H,4-6,9,13H2,1-3H3;1H. The molecule has 0 atom stereocenters. The molecule has 0 radical (unpaired) electrons. The quantitative estimate of drug-likeness (QED) is 0.506. The van der Waals surface area contributed by atoms with Crippen LogP contribution in [0, 0.1) is 0 Å². The first kappa shape index (κ1) is 22.7. The molecule has 0 saturated carbocycles. The number of benzene rings is 1. The summed E-state index contributed by atoms with van der Waals surface area (Å²) < 4.78 is 15.4. The van der Waals surface area contributed by atoms with Gasteiger partial charge in [-0.15, -0.1) is 12.4 Å². The number of unbranched alkanes of at least 4 members (excludes halogenated alkanes) is 2. The number of hydrogen-bond donors (Lipinski definition) is 1. The maximum Gasteiger partial charge on any atom is 0.337 e. The Morgan fingerprint density at radius 3 is 2.19 bits per heavy atom. The fourth-order valence-electron chi connectivity index (χ4n) is 2.58. The summed E-state index contributed by atoms with van der Waals surface area (Å²) in [6, 6.07) is 8.41. The summed E-state index contributed by atoms with van der Waals surface area (Å²) in [5.41, 5.74) is 1.15. The number of methoxy groups -OCH3 is 2. The van der Waals surface area contributed by atoms with Crippen LogP contribution in [0.15, 0.2) is 34.7 Å². The van der Waals surface area contributed by atoms with E-state index in [0.29, 0.717) is 17.9 Å². The van der Waals surface area contributed by atoms with Crippen LogP contribution in [0.25, 0.3) is 11.3 Å². The Labute approximate surface area is 165 Å². The minimum absolute atomic E-state index is 0. The molecule has 7 heteroatoms. The number of nitrogens with one attached hydrogen (secondary N) is 1. The molecule has 0 amide bonds. The number of carbonyl (C=O) groups excluding carboxylic acids is 2. The molecule has 0 aliphatic rings. The van der Waals surface area contributed by atoms with Gasteiger partial charge < -0.3 is 19.2 Å². The molecule has 0 spiro atoms. The van der Waals surface area contributed by atoms with Gasteiger partial charge in [0.05, 0.1) is 31.9 Å². The maximum absolute atomic E-state index is 11.9. The Morgan fingerprint density at radius 2 is 1.63 bits per heavy atom. The van der Waals surface area contributed by atoms with Gasteiger partial charge in [-0.05, 0) is 43.3 Å². The highest BCUT2D eigenvalue weighted by molar-refractivity contribution is 5.97. The third-order valence-corrected chi connectivity index (χ3v) is 3.98. The predicted octanol–water partition coefficient (Wildman–Crippen LogP) is 4.22. The van der Waals surface area contributed by atoms with Gasteiger partial charge in [-0.25, -0.2) is 9.59 Å². The Hall–Kier alpha value is -2.31. The number of rotatable bonds is 9. The van der Waals surface area contributed by atoms with Gasteiger partial charge in [0.15, 0.2) is 0 Å². The molecule has 6 nitrogen and oxygen atoms in total. The third-order valence-electron chi connectivity index (χ3n) is 3.98. The second kappa shape index (κ2) is 11.4. The van der Waals surface area contributed by atoms with E-state index in [4.69, 9.17) is 13.9 Å².